The fraction of sp³-hybridized carbons (Fsp3) is 0.214. The highest BCUT2D eigenvalue weighted by Crippen LogP contribution is 2.26. The molecule has 3 nitrogen and oxygen atoms in total. The third kappa shape index (κ3) is 3.03. The molecule has 0 bridgehead atoms. The first-order valence-electron chi connectivity index (χ1n) is 6.04. The molecule has 1 heterocycles. The first-order chi connectivity index (χ1) is 9.54. The highest BCUT2D eigenvalue weighted by Gasteiger charge is 2.20. The number of hydrazine groups is 1. The van der Waals surface area contributed by atoms with E-state index in [1.807, 2.05) is 13.0 Å². The van der Waals surface area contributed by atoms with Crippen LogP contribution < -0.4 is 11.3 Å². The Morgan fingerprint density at radius 1 is 1.35 bits per heavy atom. The maximum absolute atomic E-state index is 14.0. The van der Waals surface area contributed by atoms with Gasteiger partial charge in [-0.1, -0.05) is 6.07 Å². The minimum atomic E-state index is -0.612. The molecule has 1 aromatic heterocycles. The topological polar surface area (TPSA) is 50.9 Å². The number of pyridine rings is 1. The van der Waals surface area contributed by atoms with Crippen molar-refractivity contribution >= 4 is 15.9 Å². The monoisotopic (exact) mass is 341 g/mol. The van der Waals surface area contributed by atoms with Crippen LogP contribution in [0, 0.1) is 18.6 Å². The van der Waals surface area contributed by atoms with E-state index in [0.717, 1.165) is 5.56 Å². The van der Waals surface area contributed by atoms with E-state index < -0.39 is 17.7 Å². The molecule has 0 saturated heterocycles. The van der Waals surface area contributed by atoms with Gasteiger partial charge in [0.1, 0.15) is 11.6 Å². The van der Waals surface area contributed by atoms with Crippen molar-refractivity contribution in [3.8, 4) is 0 Å². The van der Waals surface area contributed by atoms with Crippen molar-refractivity contribution in [2.24, 2.45) is 5.84 Å². The number of aryl methyl sites for hydroxylation is 1. The molecule has 2 rings (SSSR count). The Hall–Kier alpha value is -1.37. The average molecular weight is 342 g/mol. The number of nitrogens with zero attached hydrogens (tertiary/aromatic N) is 1. The summed E-state index contributed by atoms with van der Waals surface area (Å²) in [6, 6.07) is 5.77. The number of nitrogens with two attached hydrogens (primary N) is 1. The molecule has 1 atom stereocenters. The maximum Gasteiger partial charge on any atom is 0.143 e. The zero-order valence-corrected chi connectivity index (χ0v) is 12.4. The van der Waals surface area contributed by atoms with E-state index in [0.29, 0.717) is 5.69 Å². The standard InChI is InChI=1S/C14H14BrF2N3/c1-8-3-2-6-19-14(8)12(20-18)7-9-11(16)5-4-10(15)13(9)17/h2-6,12,20H,7,18H2,1H3. The average Bonchev–Trinajstić information content (AvgIpc) is 2.45. The van der Waals surface area contributed by atoms with Crippen LogP contribution in [-0.4, -0.2) is 4.98 Å². The molecule has 1 unspecified atom stereocenters. The van der Waals surface area contributed by atoms with Crippen molar-refractivity contribution in [1.29, 1.82) is 0 Å². The molecule has 6 heteroatoms. The van der Waals surface area contributed by atoms with Crippen LogP contribution in [0.3, 0.4) is 0 Å². The molecule has 106 valence electrons. The summed E-state index contributed by atoms with van der Waals surface area (Å²) in [6.45, 7) is 1.88. The zero-order valence-electron chi connectivity index (χ0n) is 10.8. The number of halogens is 3. The van der Waals surface area contributed by atoms with Crippen molar-refractivity contribution in [2.75, 3.05) is 0 Å². The van der Waals surface area contributed by atoms with Crippen LogP contribution in [0.4, 0.5) is 8.78 Å². The van der Waals surface area contributed by atoms with Gasteiger partial charge in [-0.05, 0) is 46.6 Å². The second-order valence-electron chi connectivity index (χ2n) is 4.45. The Morgan fingerprint density at radius 2 is 2.10 bits per heavy atom. The SMILES string of the molecule is Cc1cccnc1C(Cc1c(F)ccc(Br)c1F)NN. The molecular formula is C14H14BrF2N3. The molecule has 3 N–H and O–H groups in total. The Labute approximate surface area is 124 Å². The van der Waals surface area contributed by atoms with Gasteiger partial charge in [0.05, 0.1) is 16.2 Å². The lowest BCUT2D eigenvalue weighted by atomic mass is 9.99. The molecule has 1 aromatic carbocycles. The fourth-order valence-electron chi connectivity index (χ4n) is 2.06. The van der Waals surface area contributed by atoms with Crippen LogP contribution in [-0.2, 0) is 6.42 Å². The normalized spacial score (nSPS) is 12.4. The molecule has 0 radical (unpaired) electrons. The van der Waals surface area contributed by atoms with E-state index in [4.69, 9.17) is 5.84 Å². The Bertz CT molecular complexity index is 619. The molecule has 0 aliphatic rings. The van der Waals surface area contributed by atoms with Gasteiger partial charge in [-0.2, -0.15) is 0 Å². The van der Waals surface area contributed by atoms with E-state index in [1.54, 1.807) is 12.3 Å². The van der Waals surface area contributed by atoms with Crippen LogP contribution >= 0.6 is 15.9 Å². The molecule has 0 saturated carbocycles. The predicted octanol–water partition coefficient (Wildman–Crippen LogP) is 3.18. The largest absolute Gasteiger partial charge is 0.271 e. The molecule has 0 amide bonds. The molecule has 2 aromatic rings. The van der Waals surface area contributed by atoms with E-state index in [2.05, 4.69) is 26.3 Å². The van der Waals surface area contributed by atoms with Gasteiger partial charge < -0.3 is 0 Å². The lowest BCUT2D eigenvalue weighted by molar-refractivity contribution is 0.489. The van der Waals surface area contributed by atoms with E-state index in [9.17, 15) is 8.78 Å². The van der Waals surface area contributed by atoms with E-state index in [1.165, 1.54) is 12.1 Å². The van der Waals surface area contributed by atoms with Crippen LogP contribution in [0.5, 0.6) is 0 Å². The van der Waals surface area contributed by atoms with Gasteiger partial charge in [-0.15, -0.1) is 0 Å². The van der Waals surface area contributed by atoms with Crippen LogP contribution in [0.2, 0.25) is 0 Å². The van der Waals surface area contributed by atoms with E-state index in [-0.39, 0.29) is 16.5 Å². The second-order valence-corrected chi connectivity index (χ2v) is 5.30. The number of aromatic nitrogens is 1. The van der Waals surface area contributed by atoms with Crippen LogP contribution in [0.1, 0.15) is 22.9 Å². The van der Waals surface area contributed by atoms with E-state index >= 15 is 0 Å². The number of hydrogen-bond acceptors (Lipinski definition) is 3. The first-order valence-corrected chi connectivity index (χ1v) is 6.84. The molecule has 0 aliphatic carbocycles. The second kappa shape index (κ2) is 6.39. The predicted molar refractivity (Wildman–Crippen MR) is 76.8 cm³/mol. The van der Waals surface area contributed by atoms with Crippen molar-refractivity contribution in [1.82, 2.24) is 10.4 Å². The number of hydrogen-bond donors (Lipinski definition) is 2. The van der Waals surface area contributed by atoms with Gasteiger partial charge >= 0.3 is 0 Å². The summed E-state index contributed by atoms with van der Waals surface area (Å²) in [5.41, 5.74) is 4.13. The summed E-state index contributed by atoms with van der Waals surface area (Å²) < 4.78 is 28.0. The molecule has 0 spiro atoms. The van der Waals surface area contributed by atoms with Gasteiger partial charge in [0.2, 0.25) is 0 Å². The molecule has 0 aliphatic heterocycles. The van der Waals surface area contributed by atoms with Gasteiger partial charge in [0.15, 0.2) is 0 Å². The smallest absolute Gasteiger partial charge is 0.143 e. The molecular weight excluding hydrogens is 328 g/mol. The minimum Gasteiger partial charge on any atom is -0.271 e. The van der Waals surface area contributed by atoms with Gasteiger partial charge in [-0.25, -0.2) is 8.78 Å². The van der Waals surface area contributed by atoms with Crippen LogP contribution in [0.15, 0.2) is 34.9 Å². The minimum absolute atomic E-state index is 0.0209. The van der Waals surface area contributed by atoms with Crippen molar-refractivity contribution in [3.05, 3.63) is 63.4 Å². The van der Waals surface area contributed by atoms with Gasteiger partial charge in [0, 0.05) is 18.2 Å². The summed E-state index contributed by atoms with van der Waals surface area (Å²) in [5.74, 6) is 4.30. The summed E-state index contributed by atoms with van der Waals surface area (Å²) in [7, 11) is 0. The number of nitrogens with one attached hydrogen (secondary N) is 1. The summed E-state index contributed by atoms with van der Waals surface area (Å²) in [6.07, 6.45) is 1.70. The molecule has 0 fully saturated rings. The van der Waals surface area contributed by atoms with Crippen molar-refractivity contribution < 1.29 is 8.78 Å². The quantitative estimate of drug-likeness (QED) is 0.510. The fourth-order valence-corrected chi connectivity index (χ4v) is 2.43. The number of benzene rings is 1. The van der Waals surface area contributed by atoms with Crippen molar-refractivity contribution in [3.63, 3.8) is 0 Å². The Morgan fingerprint density at radius 3 is 2.75 bits per heavy atom. The van der Waals surface area contributed by atoms with Gasteiger partial charge in [0.25, 0.3) is 0 Å². The summed E-state index contributed by atoms with van der Waals surface area (Å²) >= 11 is 3.05. The maximum atomic E-state index is 14.0. The Kier molecular flexibility index (Phi) is 4.80. The zero-order chi connectivity index (χ0) is 14.7. The first kappa shape index (κ1) is 15.0. The van der Waals surface area contributed by atoms with Gasteiger partial charge in [-0.3, -0.25) is 16.3 Å². The summed E-state index contributed by atoms with van der Waals surface area (Å²) in [4.78, 5) is 4.23. The Balaban J connectivity index is 2.37. The molecule has 20 heavy (non-hydrogen) atoms. The number of rotatable bonds is 4. The highest BCUT2D eigenvalue weighted by molar-refractivity contribution is 9.10. The third-order valence-corrected chi connectivity index (χ3v) is 3.74. The highest BCUT2D eigenvalue weighted by atomic mass is 79.9. The van der Waals surface area contributed by atoms with Crippen LogP contribution in [0.25, 0.3) is 0 Å². The third-order valence-electron chi connectivity index (χ3n) is 3.13. The summed E-state index contributed by atoms with van der Waals surface area (Å²) in [5, 5.41) is 0. The lowest BCUT2D eigenvalue weighted by Crippen LogP contribution is -2.31. The van der Waals surface area contributed by atoms with Crippen molar-refractivity contribution in [2.45, 2.75) is 19.4 Å². The lowest BCUT2D eigenvalue weighted by Gasteiger charge is -2.18.